The highest BCUT2D eigenvalue weighted by atomic mass is 35.5. The lowest BCUT2D eigenvalue weighted by Gasteiger charge is -2.01. The lowest BCUT2D eigenvalue weighted by atomic mass is 10.3. The van der Waals surface area contributed by atoms with Crippen LogP contribution in [0.2, 0.25) is 5.02 Å². The van der Waals surface area contributed by atoms with Crippen LogP contribution in [-0.4, -0.2) is 4.98 Å². The van der Waals surface area contributed by atoms with Gasteiger partial charge in [0.1, 0.15) is 11.3 Å². The molecule has 0 radical (unpaired) electrons. The number of ether oxygens (including phenoxy) is 1. The van der Waals surface area contributed by atoms with Crippen LogP contribution in [0.15, 0.2) is 46.9 Å². The van der Waals surface area contributed by atoms with Crippen LogP contribution in [0.1, 0.15) is 5.89 Å². The van der Waals surface area contributed by atoms with E-state index in [9.17, 15) is 0 Å². The Labute approximate surface area is 114 Å². The first-order valence-electron chi connectivity index (χ1n) is 5.74. The number of nitrogens with two attached hydrogens (primary N) is 1. The second-order valence-electron chi connectivity index (χ2n) is 4.05. The molecule has 0 fully saturated rings. The maximum Gasteiger partial charge on any atom is 0.233 e. The first-order chi connectivity index (χ1) is 9.22. The number of hydrogen-bond donors (Lipinski definition) is 1. The highest BCUT2D eigenvalue weighted by molar-refractivity contribution is 6.33. The fourth-order valence-electron chi connectivity index (χ4n) is 1.74. The average Bonchev–Trinajstić information content (AvgIpc) is 2.80. The van der Waals surface area contributed by atoms with E-state index >= 15 is 0 Å². The minimum absolute atomic E-state index is 0.260. The van der Waals surface area contributed by atoms with Gasteiger partial charge in [-0.2, -0.15) is 0 Å². The van der Waals surface area contributed by atoms with E-state index in [0.29, 0.717) is 27.7 Å². The molecule has 4 nitrogen and oxygen atoms in total. The Bertz CT molecular complexity index is 671. The quantitative estimate of drug-likeness (QED) is 0.741. The van der Waals surface area contributed by atoms with Gasteiger partial charge < -0.3 is 14.9 Å². The zero-order valence-electron chi connectivity index (χ0n) is 9.97. The van der Waals surface area contributed by atoms with Crippen molar-refractivity contribution in [1.82, 2.24) is 4.98 Å². The van der Waals surface area contributed by atoms with Crippen molar-refractivity contribution in [2.75, 3.05) is 5.73 Å². The van der Waals surface area contributed by atoms with E-state index in [1.54, 1.807) is 12.1 Å². The molecule has 0 aliphatic carbocycles. The summed E-state index contributed by atoms with van der Waals surface area (Å²) in [6.07, 6.45) is 0. The van der Waals surface area contributed by atoms with Crippen LogP contribution in [0.4, 0.5) is 5.69 Å². The van der Waals surface area contributed by atoms with Crippen LogP contribution in [0.25, 0.3) is 11.1 Å². The standard InChI is InChI=1S/C14H11ClN2O2/c15-10-6-12-13(7-11(10)16)19-14(17-12)8-18-9-4-2-1-3-5-9/h1-7H,8,16H2. The highest BCUT2D eigenvalue weighted by Gasteiger charge is 2.09. The smallest absolute Gasteiger partial charge is 0.233 e. The predicted molar refractivity (Wildman–Crippen MR) is 74.2 cm³/mol. The van der Waals surface area contributed by atoms with Gasteiger partial charge in [0, 0.05) is 6.07 Å². The summed E-state index contributed by atoms with van der Waals surface area (Å²) in [6.45, 7) is 0.260. The molecule has 0 aliphatic rings. The molecule has 5 heteroatoms. The van der Waals surface area contributed by atoms with Crippen molar-refractivity contribution in [3.05, 3.63) is 53.4 Å². The van der Waals surface area contributed by atoms with Crippen LogP contribution in [0.5, 0.6) is 5.75 Å². The summed E-state index contributed by atoms with van der Waals surface area (Å²) < 4.78 is 11.1. The summed E-state index contributed by atoms with van der Waals surface area (Å²) in [6, 6.07) is 12.8. The highest BCUT2D eigenvalue weighted by Crippen LogP contribution is 2.26. The maximum absolute atomic E-state index is 5.93. The number of halogens is 1. The molecule has 96 valence electrons. The second kappa shape index (κ2) is 4.82. The fourth-order valence-corrected chi connectivity index (χ4v) is 1.89. The number of benzene rings is 2. The topological polar surface area (TPSA) is 61.3 Å². The molecule has 0 saturated carbocycles. The maximum atomic E-state index is 5.93. The van der Waals surface area contributed by atoms with Gasteiger partial charge in [0.15, 0.2) is 12.2 Å². The minimum atomic E-state index is 0.260. The van der Waals surface area contributed by atoms with Gasteiger partial charge >= 0.3 is 0 Å². The Morgan fingerprint density at radius 1 is 1.21 bits per heavy atom. The van der Waals surface area contributed by atoms with Gasteiger partial charge in [0.05, 0.1) is 10.7 Å². The van der Waals surface area contributed by atoms with Crippen molar-refractivity contribution in [3.8, 4) is 5.75 Å². The lowest BCUT2D eigenvalue weighted by molar-refractivity contribution is 0.267. The molecule has 3 aromatic rings. The number of aromatic nitrogens is 1. The largest absolute Gasteiger partial charge is 0.484 e. The number of oxazole rings is 1. The van der Waals surface area contributed by atoms with Crippen molar-refractivity contribution in [2.45, 2.75) is 6.61 Å². The Morgan fingerprint density at radius 3 is 2.79 bits per heavy atom. The molecule has 0 spiro atoms. The number of nitrogens with zero attached hydrogens (tertiary/aromatic N) is 1. The van der Waals surface area contributed by atoms with Gasteiger partial charge in [0.25, 0.3) is 0 Å². The summed E-state index contributed by atoms with van der Waals surface area (Å²) in [7, 11) is 0. The van der Waals surface area contributed by atoms with Crippen molar-refractivity contribution in [2.24, 2.45) is 0 Å². The third-order valence-corrected chi connectivity index (χ3v) is 2.98. The zero-order valence-corrected chi connectivity index (χ0v) is 10.7. The van der Waals surface area contributed by atoms with Crippen LogP contribution in [0, 0.1) is 0 Å². The molecule has 0 saturated heterocycles. The number of para-hydroxylation sites is 1. The Kier molecular flexibility index (Phi) is 3.01. The van der Waals surface area contributed by atoms with E-state index in [0.717, 1.165) is 5.75 Å². The summed E-state index contributed by atoms with van der Waals surface area (Å²) in [5.74, 6) is 1.25. The van der Waals surface area contributed by atoms with Crippen molar-refractivity contribution in [3.63, 3.8) is 0 Å². The van der Waals surface area contributed by atoms with E-state index in [1.165, 1.54) is 0 Å². The SMILES string of the molecule is Nc1cc2oc(COc3ccccc3)nc2cc1Cl. The van der Waals surface area contributed by atoms with Crippen molar-refractivity contribution >= 4 is 28.4 Å². The first kappa shape index (κ1) is 11.9. The lowest BCUT2D eigenvalue weighted by Crippen LogP contribution is -1.94. The molecule has 3 rings (SSSR count). The van der Waals surface area contributed by atoms with Crippen LogP contribution >= 0.6 is 11.6 Å². The van der Waals surface area contributed by atoms with Gasteiger partial charge in [0.2, 0.25) is 5.89 Å². The molecule has 1 heterocycles. The zero-order chi connectivity index (χ0) is 13.2. The van der Waals surface area contributed by atoms with E-state index < -0.39 is 0 Å². The van der Waals surface area contributed by atoms with Gasteiger partial charge in [-0.25, -0.2) is 4.98 Å². The molecule has 1 aromatic heterocycles. The molecular weight excluding hydrogens is 264 g/mol. The summed E-state index contributed by atoms with van der Waals surface area (Å²) in [5, 5.41) is 0.469. The number of hydrogen-bond acceptors (Lipinski definition) is 4. The molecule has 2 N–H and O–H groups in total. The molecule has 0 amide bonds. The monoisotopic (exact) mass is 274 g/mol. The molecule has 0 aliphatic heterocycles. The Balaban J connectivity index is 1.82. The van der Waals surface area contributed by atoms with Crippen LogP contribution < -0.4 is 10.5 Å². The molecular formula is C14H11ClN2O2. The number of fused-ring (bicyclic) bond motifs is 1. The molecule has 0 bridgehead atoms. The number of anilines is 1. The third-order valence-electron chi connectivity index (χ3n) is 2.66. The summed E-state index contributed by atoms with van der Waals surface area (Å²) in [4.78, 5) is 4.30. The number of rotatable bonds is 3. The van der Waals surface area contributed by atoms with Gasteiger partial charge in [-0.05, 0) is 18.2 Å². The van der Waals surface area contributed by atoms with Crippen LogP contribution in [0.3, 0.4) is 0 Å². The first-order valence-corrected chi connectivity index (χ1v) is 6.12. The van der Waals surface area contributed by atoms with E-state index in [1.807, 2.05) is 30.3 Å². The Morgan fingerprint density at radius 2 is 2.00 bits per heavy atom. The summed E-state index contributed by atoms with van der Waals surface area (Å²) >= 11 is 5.93. The van der Waals surface area contributed by atoms with Crippen LogP contribution in [-0.2, 0) is 6.61 Å². The predicted octanol–water partition coefficient (Wildman–Crippen LogP) is 3.64. The molecule has 0 unspecified atom stereocenters. The molecule has 0 atom stereocenters. The molecule has 2 aromatic carbocycles. The van der Waals surface area contributed by atoms with E-state index in [4.69, 9.17) is 26.5 Å². The minimum Gasteiger partial charge on any atom is -0.484 e. The van der Waals surface area contributed by atoms with E-state index in [2.05, 4.69) is 4.98 Å². The van der Waals surface area contributed by atoms with Crippen molar-refractivity contribution in [1.29, 1.82) is 0 Å². The second-order valence-corrected chi connectivity index (χ2v) is 4.46. The van der Waals surface area contributed by atoms with E-state index in [-0.39, 0.29) is 6.61 Å². The summed E-state index contributed by atoms with van der Waals surface area (Å²) in [5.41, 5.74) is 7.46. The number of nitrogen functional groups attached to an aromatic ring is 1. The normalized spacial score (nSPS) is 10.8. The Hall–Kier alpha value is -2.20. The fraction of sp³-hybridized carbons (Fsp3) is 0.0714. The van der Waals surface area contributed by atoms with Gasteiger partial charge in [-0.1, -0.05) is 29.8 Å². The average molecular weight is 275 g/mol. The molecule has 19 heavy (non-hydrogen) atoms. The van der Waals surface area contributed by atoms with Gasteiger partial charge in [-0.3, -0.25) is 0 Å². The van der Waals surface area contributed by atoms with Gasteiger partial charge in [-0.15, -0.1) is 0 Å². The van der Waals surface area contributed by atoms with Crippen molar-refractivity contribution < 1.29 is 9.15 Å². The third kappa shape index (κ3) is 2.48.